The van der Waals surface area contributed by atoms with Gasteiger partial charge < -0.3 is 20.4 Å². The Kier molecular flexibility index (Phi) is 7.14. The molecule has 3 N–H and O–H groups in total. The summed E-state index contributed by atoms with van der Waals surface area (Å²) in [5.41, 5.74) is 5.40. The third kappa shape index (κ3) is 5.98. The van der Waals surface area contributed by atoms with Gasteiger partial charge in [-0.25, -0.2) is 0 Å². The van der Waals surface area contributed by atoms with Crippen LogP contribution in [-0.2, 0) is 37.9 Å². The molecule has 1 aliphatic rings. The first kappa shape index (κ1) is 25.8. The Bertz CT molecular complexity index is 1040. The Morgan fingerprint density at radius 2 is 1.59 bits per heavy atom. The monoisotopic (exact) mass is 476 g/mol. The molecule has 2 aromatic rings. The van der Waals surface area contributed by atoms with Crippen LogP contribution in [0.25, 0.3) is 0 Å². The van der Waals surface area contributed by atoms with E-state index in [0.29, 0.717) is 0 Å². The molecule has 1 fully saturated rings. The number of primary amides is 1. The Hall–Kier alpha value is -2.85. The Balaban J connectivity index is 1.63. The van der Waals surface area contributed by atoms with Gasteiger partial charge in [-0.3, -0.25) is 9.59 Å². The minimum absolute atomic E-state index is 0.132. The van der Waals surface area contributed by atoms with E-state index in [0.717, 1.165) is 23.2 Å². The van der Waals surface area contributed by atoms with Gasteiger partial charge in [-0.1, -0.05) is 42.5 Å². The maximum Gasteiger partial charge on any atom is 0.494 e. The fourth-order valence-corrected chi connectivity index (χ4v) is 3.54. The van der Waals surface area contributed by atoms with Crippen LogP contribution in [0.4, 0.5) is 13.2 Å². The quantitative estimate of drug-likeness (QED) is 0.602. The van der Waals surface area contributed by atoms with Crippen LogP contribution in [-0.4, -0.2) is 36.2 Å². The molecule has 1 heterocycles. The van der Waals surface area contributed by atoms with E-state index in [2.05, 4.69) is 5.32 Å². The number of carbonyl (C=O) groups excluding carboxylic acids is 2. The minimum atomic E-state index is -4.51. The van der Waals surface area contributed by atoms with Gasteiger partial charge in [0, 0.05) is 6.42 Å². The van der Waals surface area contributed by atoms with Gasteiger partial charge in [0.05, 0.1) is 23.2 Å². The fourth-order valence-electron chi connectivity index (χ4n) is 3.54. The lowest BCUT2D eigenvalue weighted by molar-refractivity contribution is -0.137. The normalized spacial score (nSPS) is 17.9. The molecule has 0 aliphatic carbocycles. The molecule has 0 spiro atoms. The second-order valence-electron chi connectivity index (χ2n) is 9.43. The molecule has 2 aromatic carbocycles. The highest BCUT2D eigenvalue weighted by Gasteiger charge is 2.51. The van der Waals surface area contributed by atoms with Gasteiger partial charge in [-0.2, -0.15) is 13.2 Å². The number of alkyl halides is 3. The van der Waals surface area contributed by atoms with E-state index >= 15 is 0 Å². The van der Waals surface area contributed by atoms with Crippen molar-refractivity contribution < 1.29 is 32.1 Å². The van der Waals surface area contributed by atoms with Crippen molar-refractivity contribution in [3.63, 3.8) is 0 Å². The van der Waals surface area contributed by atoms with Crippen molar-refractivity contribution in [1.29, 1.82) is 0 Å². The number of nitrogens with two attached hydrogens (primary N) is 1. The Labute approximate surface area is 197 Å². The first-order valence-electron chi connectivity index (χ1n) is 10.9. The van der Waals surface area contributed by atoms with Crippen LogP contribution in [0.1, 0.15) is 44.4 Å². The van der Waals surface area contributed by atoms with E-state index in [1.165, 1.54) is 12.1 Å². The molecule has 0 unspecified atom stereocenters. The topological polar surface area (TPSA) is 90.6 Å². The molecule has 0 aromatic heterocycles. The molecule has 34 heavy (non-hydrogen) atoms. The summed E-state index contributed by atoms with van der Waals surface area (Å²) in [6.45, 7) is 7.84. The van der Waals surface area contributed by atoms with Crippen molar-refractivity contribution in [2.24, 2.45) is 5.73 Å². The lowest BCUT2D eigenvalue weighted by atomic mass is 9.78. The number of halogens is 3. The average molecular weight is 476 g/mol. The summed E-state index contributed by atoms with van der Waals surface area (Å²) in [4.78, 5) is 24.3. The summed E-state index contributed by atoms with van der Waals surface area (Å²) in [7, 11) is -0.529. The van der Waals surface area contributed by atoms with E-state index in [1.54, 1.807) is 12.1 Å². The molecular weight excluding hydrogens is 448 g/mol. The number of nitrogens with one attached hydrogen (secondary N) is 1. The molecule has 182 valence electrons. The van der Waals surface area contributed by atoms with Gasteiger partial charge in [0.25, 0.3) is 0 Å². The van der Waals surface area contributed by atoms with Crippen molar-refractivity contribution in [3.8, 4) is 0 Å². The molecule has 1 saturated heterocycles. The predicted molar refractivity (Wildman–Crippen MR) is 122 cm³/mol. The zero-order valence-electron chi connectivity index (χ0n) is 19.5. The van der Waals surface area contributed by atoms with Crippen LogP contribution in [0.3, 0.4) is 0 Å². The van der Waals surface area contributed by atoms with Gasteiger partial charge in [0.1, 0.15) is 6.04 Å². The van der Waals surface area contributed by atoms with Crippen molar-refractivity contribution in [3.05, 3.63) is 65.2 Å². The van der Waals surface area contributed by atoms with Crippen LogP contribution in [0.2, 0.25) is 0 Å². The van der Waals surface area contributed by atoms with Crippen LogP contribution >= 0.6 is 0 Å². The predicted octanol–water partition coefficient (Wildman–Crippen LogP) is 2.76. The molecule has 0 saturated carbocycles. The zero-order valence-corrected chi connectivity index (χ0v) is 19.5. The van der Waals surface area contributed by atoms with Crippen LogP contribution in [0.15, 0.2) is 48.5 Å². The number of hydrogen-bond acceptors (Lipinski definition) is 4. The highest BCUT2D eigenvalue weighted by molar-refractivity contribution is 6.62. The first-order chi connectivity index (χ1) is 15.7. The standard InChI is InChI=1S/C24H28BF3N2O4/c1-22(2)23(3,4)34-25(33-22)18-10-8-15(9-11-18)13-19(21(29)32)30-20(31)14-16-6-5-7-17(12-16)24(26,27)28/h5-12,19H,13-14H2,1-4H3,(H2,29,32)(H,30,31)/t19-/m1/s1. The van der Waals surface area contributed by atoms with Crippen molar-refractivity contribution >= 4 is 24.4 Å². The fraction of sp³-hybridized carbons (Fsp3) is 0.417. The highest BCUT2D eigenvalue weighted by atomic mass is 19.4. The van der Waals surface area contributed by atoms with Crippen molar-refractivity contribution in [2.45, 2.75) is 64.0 Å². The summed E-state index contributed by atoms with van der Waals surface area (Å²) in [6.07, 6.45) is -4.68. The summed E-state index contributed by atoms with van der Waals surface area (Å²) in [6, 6.07) is 10.7. The summed E-state index contributed by atoms with van der Waals surface area (Å²) < 4.78 is 50.7. The van der Waals surface area contributed by atoms with Crippen LogP contribution < -0.4 is 16.5 Å². The molecule has 1 aliphatic heterocycles. The molecular formula is C24H28BF3N2O4. The van der Waals surface area contributed by atoms with Gasteiger partial charge in [0.2, 0.25) is 11.8 Å². The highest BCUT2D eigenvalue weighted by Crippen LogP contribution is 2.36. The van der Waals surface area contributed by atoms with Crippen LogP contribution in [0.5, 0.6) is 0 Å². The molecule has 3 rings (SSSR count). The molecule has 10 heteroatoms. The number of rotatable bonds is 7. The number of amides is 2. The second kappa shape index (κ2) is 9.42. The third-order valence-electron chi connectivity index (χ3n) is 6.24. The Morgan fingerprint density at radius 3 is 2.12 bits per heavy atom. The van der Waals surface area contributed by atoms with Gasteiger partial charge in [0.15, 0.2) is 0 Å². The lowest BCUT2D eigenvalue weighted by Crippen LogP contribution is -2.46. The van der Waals surface area contributed by atoms with Crippen LogP contribution in [0, 0.1) is 0 Å². The largest absolute Gasteiger partial charge is 0.494 e. The number of hydrogen-bond donors (Lipinski definition) is 2. The van der Waals surface area contributed by atoms with E-state index in [4.69, 9.17) is 15.0 Å². The van der Waals surface area contributed by atoms with Gasteiger partial charge >= 0.3 is 13.3 Å². The van der Waals surface area contributed by atoms with Crippen molar-refractivity contribution in [1.82, 2.24) is 5.32 Å². The molecule has 2 amide bonds. The van der Waals surface area contributed by atoms with Gasteiger partial charge in [-0.05, 0) is 50.4 Å². The number of benzene rings is 2. The third-order valence-corrected chi connectivity index (χ3v) is 6.24. The van der Waals surface area contributed by atoms with E-state index in [9.17, 15) is 22.8 Å². The summed E-state index contributed by atoms with van der Waals surface area (Å²) in [5.74, 6) is -1.34. The molecule has 0 bridgehead atoms. The average Bonchev–Trinajstić information content (AvgIpc) is 2.94. The SMILES string of the molecule is CC1(C)OB(c2ccc(C[C@@H](NC(=O)Cc3cccc(C(F)(F)F)c3)C(N)=O)cc2)OC1(C)C. The minimum Gasteiger partial charge on any atom is -0.399 e. The molecule has 0 radical (unpaired) electrons. The molecule has 6 nitrogen and oxygen atoms in total. The lowest BCUT2D eigenvalue weighted by Gasteiger charge is -2.32. The summed E-state index contributed by atoms with van der Waals surface area (Å²) >= 11 is 0. The van der Waals surface area contributed by atoms with E-state index < -0.39 is 47.9 Å². The van der Waals surface area contributed by atoms with Crippen molar-refractivity contribution in [2.75, 3.05) is 0 Å². The van der Waals surface area contributed by atoms with E-state index in [-0.39, 0.29) is 18.4 Å². The smallest absolute Gasteiger partial charge is 0.399 e. The maximum atomic E-state index is 12.9. The number of carbonyl (C=O) groups is 2. The first-order valence-corrected chi connectivity index (χ1v) is 10.9. The van der Waals surface area contributed by atoms with Gasteiger partial charge in [-0.15, -0.1) is 0 Å². The van der Waals surface area contributed by atoms with E-state index in [1.807, 2.05) is 39.8 Å². The second-order valence-corrected chi connectivity index (χ2v) is 9.43. The molecule has 1 atom stereocenters. The summed E-state index contributed by atoms with van der Waals surface area (Å²) in [5, 5.41) is 2.52. The Morgan fingerprint density at radius 1 is 1.00 bits per heavy atom. The maximum absolute atomic E-state index is 12.9. The zero-order chi connectivity index (χ0) is 25.3.